The first-order chi connectivity index (χ1) is 6.57. The Bertz CT molecular complexity index is 298. The zero-order valence-electron chi connectivity index (χ0n) is 8.16. The number of hydrogen-bond donors (Lipinski definition) is 2. The largest absolute Gasteiger partial charge is 0.509 e. The van der Waals surface area contributed by atoms with Gasteiger partial charge in [0.1, 0.15) is 11.3 Å². The average Bonchev–Trinajstić information content (AvgIpc) is 2.38. The van der Waals surface area contributed by atoms with Gasteiger partial charge in [-0.05, 0) is 25.4 Å². The second kappa shape index (κ2) is 4.50. The summed E-state index contributed by atoms with van der Waals surface area (Å²) in [5, 5.41) is 12.2. The highest BCUT2D eigenvalue weighted by Gasteiger charge is 2.33. The topological polar surface area (TPSA) is 66.4 Å². The SMILES string of the molecule is CSCCC1NC(=O)C(C(C)=O)=C1O. The molecule has 1 aliphatic heterocycles. The lowest BCUT2D eigenvalue weighted by Gasteiger charge is -2.08. The van der Waals surface area contributed by atoms with Gasteiger partial charge in [-0.25, -0.2) is 0 Å². The fourth-order valence-corrected chi connectivity index (χ4v) is 1.85. The Morgan fingerprint density at radius 3 is 2.71 bits per heavy atom. The molecule has 0 spiro atoms. The summed E-state index contributed by atoms with van der Waals surface area (Å²) in [6, 6.07) is -0.381. The zero-order chi connectivity index (χ0) is 10.7. The highest BCUT2D eigenvalue weighted by Crippen LogP contribution is 2.19. The number of Topliss-reactive ketones (excluding diaryl/α,β-unsaturated/α-hetero) is 1. The summed E-state index contributed by atoms with van der Waals surface area (Å²) in [5.41, 5.74) is -0.0869. The predicted octanol–water partition coefficient (Wildman–Crippen LogP) is 0.639. The Kier molecular flexibility index (Phi) is 3.57. The molecule has 0 aliphatic carbocycles. The molecule has 1 unspecified atom stereocenters. The van der Waals surface area contributed by atoms with E-state index in [1.807, 2.05) is 6.26 Å². The summed E-state index contributed by atoms with van der Waals surface area (Å²) in [6.07, 6.45) is 2.60. The van der Waals surface area contributed by atoms with Crippen LogP contribution in [0.15, 0.2) is 11.3 Å². The maximum atomic E-state index is 11.2. The quantitative estimate of drug-likeness (QED) is 0.675. The first-order valence-electron chi connectivity index (χ1n) is 4.31. The van der Waals surface area contributed by atoms with Crippen molar-refractivity contribution in [1.29, 1.82) is 0 Å². The molecule has 0 bridgehead atoms. The molecule has 0 aromatic carbocycles. The molecule has 1 amide bonds. The first kappa shape index (κ1) is 11.1. The van der Waals surface area contributed by atoms with Crippen molar-refractivity contribution < 1.29 is 14.7 Å². The van der Waals surface area contributed by atoms with Crippen LogP contribution in [0.1, 0.15) is 13.3 Å². The molecule has 0 aromatic heterocycles. The number of thioether (sulfide) groups is 1. The van der Waals surface area contributed by atoms with E-state index in [0.717, 1.165) is 5.75 Å². The maximum absolute atomic E-state index is 11.2. The second-order valence-electron chi connectivity index (χ2n) is 3.12. The van der Waals surface area contributed by atoms with Gasteiger partial charge in [0.2, 0.25) is 0 Å². The number of aliphatic hydroxyl groups excluding tert-OH is 1. The van der Waals surface area contributed by atoms with Gasteiger partial charge in [0.05, 0.1) is 6.04 Å². The Labute approximate surface area is 86.8 Å². The van der Waals surface area contributed by atoms with Gasteiger partial charge >= 0.3 is 0 Å². The molecule has 4 nitrogen and oxygen atoms in total. The molecule has 14 heavy (non-hydrogen) atoms. The van der Waals surface area contributed by atoms with Crippen molar-refractivity contribution in [2.45, 2.75) is 19.4 Å². The minimum atomic E-state index is -0.457. The molecule has 0 radical (unpaired) electrons. The van der Waals surface area contributed by atoms with Crippen LogP contribution in [0.4, 0.5) is 0 Å². The summed E-state index contributed by atoms with van der Waals surface area (Å²) in [5.74, 6) is -0.107. The predicted molar refractivity (Wildman–Crippen MR) is 55.3 cm³/mol. The summed E-state index contributed by atoms with van der Waals surface area (Å²) in [7, 11) is 0. The highest BCUT2D eigenvalue weighted by molar-refractivity contribution is 7.98. The van der Waals surface area contributed by atoms with Crippen molar-refractivity contribution in [3.63, 3.8) is 0 Å². The Morgan fingerprint density at radius 1 is 1.64 bits per heavy atom. The van der Waals surface area contributed by atoms with E-state index >= 15 is 0 Å². The Balaban J connectivity index is 2.77. The van der Waals surface area contributed by atoms with Crippen LogP contribution in [-0.2, 0) is 9.59 Å². The van der Waals surface area contributed by atoms with E-state index < -0.39 is 5.91 Å². The number of amides is 1. The Hall–Kier alpha value is -0.970. The number of aliphatic hydroxyl groups is 1. The number of rotatable bonds is 4. The lowest BCUT2D eigenvalue weighted by Crippen LogP contribution is -2.29. The highest BCUT2D eigenvalue weighted by atomic mass is 32.2. The lowest BCUT2D eigenvalue weighted by molar-refractivity contribution is -0.121. The Morgan fingerprint density at radius 2 is 2.29 bits per heavy atom. The van der Waals surface area contributed by atoms with Crippen LogP contribution in [0.2, 0.25) is 0 Å². The number of hydrogen-bond acceptors (Lipinski definition) is 4. The van der Waals surface area contributed by atoms with Crippen molar-refractivity contribution >= 4 is 23.5 Å². The lowest BCUT2D eigenvalue weighted by atomic mass is 10.1. The average molecular weight is 215 g/mol. The summed E-state index contributed by atoms with van der Waals surface area (Å²) in [4.78, 5) is 22.2. The number of carbonyl (C=O) groups is 2. The molecule has 1 aliphatic rings. The van der Waals surface area contributed by atoms with E-state index in [-0.39, 0.29) is 23.2 Å². The molecule has 0 fully saturated rings. The van der Waals surface area contributed by atoms with Crippen LogP contribution in [-0.4, -0.2) is 34.8 Å². The molecule has 1 rings (SSSR count). The van der Waals surface area contributed by atoms with Crippen LogP contribution in [0.5, 0.6) is 0 Å². The maximum Gasteiger partial charge on any atom is 0.258 e. The normalized spacial score (nSPS) is 21.3. The minimum absolute atomic E-state index is 0.0869. The molecule has 0 saturated heterocycles. The van der Waals surface area contributed by atoms with Gasteiger partial charge in [-0.2, -0.15) is 11.8 Å². The van der Waals surface area contributed by atoms with Gasteiger partial charge in [-0.3, -0.25) is 9.59 Å². The van der Waals surface area contributed by atoms with E-state index in [4.69, 9.17) is 0 Å². The number of carbonyl (C=O) groups excluding carboxylic acids is 2. The molecular formula is C9H13NO3S. The number of ketones is 1. The van der Waals surface area contributed by atoms with Gasteiger partial charge in [0.25, 0.3) is 5.91 Å². The summed E-state index contributed by atoms with van der Waals surface area (Å²) < 4.78 is 0. The van der Waals surface area contributed by atoms with Gasteiger partial charge in [-0.1, -0.05) is 0 Å². The van der Waals surface area contributed by atoms with Gasteiger partial charge in [0.15, 0.2) is 5.78 Å². The van der Waals surface area contributed by atoms with Crippen molar-refractivity contribution in [3.8, 4) is 0 Å². The van der Waals surface area contributed by atoms with E-state index in [9.17, 15) is 14.7 Å². The van der Waals surface area contributed by atoms with E-state index in [1.54, 1.807) is 11.8 Å². The molecule has 5 heteroatoms. The van der Waals surface area contributed by atoms with E-state index in [0.29, 0.717) is 6.42 Å². The van der Waals surface area contributed by atoms with Crippen LogP contribution < -0.4 is 5.32 Å². The minimum Gasteiger partial charge on any atom is -0.509 e. The number of nitrogens with one attached hydrogen (secondary N) is 1. The molecule has 78 valence electrons. The summed E-state index contributed by atoms with van der Waals surface area (Å²) in [6.45, 7) is 1.28. The molecule has 0 saturated carbocycles. The third kappa shape index (κ3) is 2.09. The summed E-state index contributed by atoms with van der Waals surface area (Å²) >= 11 is 1.63. The van der Waals surface area contributed by atoms with Crippen LogP contribution in [0, 0.1) is 0 Å². The monoisotopic (exact) mass is 215 g/mol. The first-order valence-corrected chi connectivity index (χ1v) is 5.71. The van der Waals surface area contributed by atoms with Gasteiger partial charge in [-0.15, -0.1) is 0 Å². The van der Waals surface area contributed by atoms with Crippen molar-refractivity contribution in [2.75, 3.05) is 12.0 Å². The van der Waals surface area contributed by atoms with Crippen LogP contribution in [0.3, 0.4) is 0 Å². The van der Waals surface area contributed by atoms with E-state index in [1.165, 1.54) is 6.92 Å². The fraction of sp³-hybridized carbons (Fsp3) is 0.556. The molecule has 1 heterocycles. The zero-order valence-corrected chi connectivity index (χ0v) is 8.98. The molecular weight excluding hydrogens is 202 g/mol. The van der Waals surface area contributed by atoms with Gasteiger partial charge < -0.3 is 10.4 Å². The van der Waals surface area contributed by atoms with Crippen molar-refractivity contribution in [1.82, 2.24) is 5.32 Å². The van der Waals surface area contributed by atoms with Crippen molar-refractivity contribution in [3.05, 3.63) is 11.3 Å². The van der Waals surface area contributed by atoms with E-state index in [2.05, 4.69) is 5.32 Å². The van der Waals surface area contributed by atoms with Crippen molar-refractivity contribution in [2.24, 2.45) is 0 Å². The smallest absolute Gasteiger partial charge is 0.258 e. The molecule has 1 atom stereocenters. The third-order valence-electron chi connectivity index (χ3n) is 2.08. The third-order valence-corrected chi connectivity index (χ3v) is 2.73. The fourth-order valence-electron chi connectivity index (χ4n) is 1.37. The molecule has 0 aromatic rings. The standard InChI is InChI=1S/C9H13NO3S/c1-5(11)7-8(12)6(3-4-14-2)10-9(7)13/h6,12H,3-4H2,1-2H3,(H,10,13). The second-order valence-corrected chi connectivity index (χ2v) is 4.11. The van der Waals surface area contributed by atoms with Crippen LogP contribution >= 0.6 is 11.8 Å². The molecule has 2 N–H and O–H groups in total. The van der Waals surface area contributed by atoms with Crippen LogP contribution in [0.25, 0.3) is 0 Å². The van der Waals surface area contributed by atoms with Gasteiger partial charge in [0, 0.05) is 0 Å².